The smallest absolute Gasteiger partial charge is 0.279 e. The van der Waals surface area contributed by atoms with Crippen LogP contribution >= 0.6 is 11.8 Å². The molecule has 0 bridgehead atoms. The molecule has 1 aromatic heterocycles. The third kappa shape index (κ3) is 4.90. The molecule has 3 aromatic rings. The van der Waals surface area contributed by atoms with Crippen LogP contribution in [0.3, 0.4) is 0 Å². The first-order valence-corrected chi connectivity index (χ1v) is 11.1. The lowest BCUT2D eigenvalue weighted by molar-refractivity contribution is -0.120. The summed E-state index contributed by atoms with van der Waals surface area (Å²) in [6.07, 6.45) is 0.0904. The fourth-order valence-electron chi connectivity index (χ4n) is 3.66. The fraction of sp³-hybridized carbons (Fsp3) is 0.217. The second-order valence-electron chi connectivity index (χ2n) is 7.53. The highest BCUT2D eigenvalue weighted by atomic mass is 32.2. The molecular formula is C23H21FN4O4S. The predicted molar refractivity (Wildman–Crippen MR) is 122 cm³/mol. The summed E-state index contributed by atoms with van der Waals surface area (Å²) < 4.78 is 20.9. The van der Waals surface area contributed by atoms with Crippen LogP contribution in [0.2, 0.25) is 0 Å². The zero-order chi connectivity index (χ0) is 23.5. The van der Waals surface area contributed by atoms with Crippen molar-refractivity contribution in [3.63, 3.8) is 0 Å². The molecule has 10 heteroatoms. The summed E-state index contributed by atoms with van der Waals surface area (Å²) >= 11 is 1.22. The quantitative estimate of drug-likeness (QED) is 0.407. The van der Waals surface area contributed by atoms with Gasteiger partial charge in [-0.2, -0.15) is 4.98 Å². The van der Waals surface area contributed by atoms with Gasteiger partial charge >= 0.3 is 0 Å². The lowest BCUT2D eigenvalue weighted by Gasteiger charge is -2.27. The molecule has 0 saturated heterocycles. The standard InChI is InChI=1S/C23H21FN4O4S/c1-28-21-20(22(31)27-23(28)33-12-14-4-2-3-5-17(14)24)16(10-19(30)26-21)13-6-8-15(9-7-13)32-11-18(25)29/h2-9,16H,10-12H2,1H3,(H2,25,29)(H,26,30)/t16-/m1/s1. The van der Waals surface area contributed by atoms with E-state index in [0.717, 1.165) is 5.56 Å². The second-order valence-corrected chi connectivity index (χ2v) is 8.47. The maximum atomic E-state index is 14.0. The van der Waals surface area contributed by atoms with Crippen molar-refractivity contribution in [2.45, 2.75) is 23.2 Å². The minimum atomic E-state index is -0.588. The number of hydrogen-bond donors (Lipinski definition) is 2. The number of anilines is 1. The molecule has 3 N–H and O–H groups in total. The number of benzene rings is 2. The Labute approximate surface area is 193 Å². The molecule has 2 amide bonds. The number of thioether (sulfide) groups is 1. The topological polar surface area (TPSA) is 116 Å². The van der Waals surface area contributed by atoms with Gasteiger partial charge in [0.25, 0.3) is 11.5 Å². The number of nitrogens with one attached hydrogen (secondary N) is 1. The van der Waals surface area contributed by atoms with E-state index in [9.17, 15) is 18.8 Å². The number of fused-ring (bicyclic) bond motifs is 1. The van der Waals surface area contributed by atoms with E-state index in [1.165, 1.54) is 17.8 Å². The van der Waals surface area contributed by atoms with E-state index in [2.05, 4.69) is 10.3 Å². The molecule has 0 aliphatic carbocycles. The van der Waals surface area contributed by atoms with Gasteiger partial charge in [0.15, 0.2) is 11.8 Å². The molecule has 0 saturated carbocycles. The Balaban J connectivity index is 1.64. The molecule has 2 heterocycles. The number of carbonyl (C=O) groups is 2. The highest BCUT2D eigenvalue weighted by Gasteiger charge is 2.32. The zero-order valence-electron chi connectivity index (χ0n) is 17.7. The minimum absolute atomic E-state index is 0.0904. The molecule has 0 unspecified atom stereocenters. The van der Waals surface area contributed by atoms with E-state index in [1.807, 2.05) is 0 Å². The normalized spacial score (nSPS) is 15.0. The number of hydrogen-bond acceptors (Lipinski definition) is 6. The van der Waals surface area contributed by atoms with E-state index >= 15 is 0 Å². The van der Waals surface area contributed by atoms with Crippen molar-refractivity contribution in [3.8, 4) is 5.75 Å². The number of primary amides is 1. The van der Waals surface area contributed by atoms with Crippen LogP contribution in [0.4, 0.5) is 10.2 Å². The Morgan fingerprint density at radius 2 is 1.97 bits per heavy atom. The maximum absolute atomic E-state index is 14.0. The second kappa shape index (κ2) is 9.45. The van der Waals surface area contributed by atoms with Gasteiger partial charge in [-0.25, -0.2) is 4.39 Å². The average Bonchev–Trinajstić information content (AvgIpc) is 2.79. The number of nitrogens with two attached hydrogens (primary N) is 1. The summed E-state index contributed by atoms with van der Waals surface area (Å²) in [6, 6.07) is 13.2. The van der Waals surface area contributed by atoms with Gasteiger partial charge < -0.3 is 20.4 Å². The average molecular weight is 469 g/mol. The monoisotopic (exact) mass is 468 g/mol. The number of amides is 2. The number of ether oxygens (including phenoxy) is 1. The van der Waals surface area contributed by atoms with E-state index in [1.54, 1.807) is 54.1 Å². The largest absolute Gasteiger partial charge is 0.484 e. The van der Waals surface area contributed by atoms with Crippen LogP contribution in [0.5, 0.6) is 5.75 Å². The highest BCUT2D eigenvalue weighted by molar-refractivity contribution is 7.98. The van der Waals surface area contributed by atoms with Crippen molar-refractivity contribution in [2.75, 3.05) is 11.9 Å². The van der Waals surface area contributed by atoms with Gasteiger partial charge in [-0.05, 0) is 29.3 Å². The van der Waals surface area contributed by atoms with Crippen molar-refractivity contribution >= 4 is 29.4 Å². The maximum Gasteiger partial charge on any atom is 0.279 e. The molecule has 0 radical (unpaired) electrons. The van der Waals surface area contributed by atoms with Crippen LogP contribution in [-0.2, 0) is 22.4 Å². The first-order chi connectivity index (χ1) is 15.8. The fourth-order valence-corrected chi connectivity index (χ4v) is 4.61. The van der Waals surface area contributed by atoms with Gasteiger partial charge in [0, 0.05) is 25.1 Å². The van der Waals surface area contributed by atoms with Gasteiger partial charge in [0.2, 0.25) is 5.91 Å². The number of halogens is 1. The Morgan fingerprint density at radius 3 is 2.67 bits per heavy atom. The summed E-state index contributed by atoms with van der Waals surface area (Å²) in [4.78, 5) is 40.6. The Bertz CT molecular complexity index is 1280. The molecule has 170 valence electrons. The molecule has 0 fully saturated rings. The molecule has 1 aliphatic rings. The first-order valence-electron chi connectivity index (χ1n) is 10.1. The van der Waals surface area contributed by atoms with E-state index in [4.69, 9.17) is 10.5 Å². The van der Waals surface area contributed by atoms with Gasteiger partial charge in [-0.3, -0.25) is 14.4 Å². The van der Waals surface area contributed by atoms with E-state index in [0.29, 0.717) is 27.9 Å². The summed E-state index contributed by atoms with van der Waals surface area (Å²) in [6.45, 7) is -0.244. The molecule has 2 aromatic carbocycles. The molecule has 33 heavy (non-hydrogen) atoms. The summed E-state index contributed by atoms with van der Waals surface area (Å²) in [5, 5.41) is 3.16. The van der Waals surface area contributed by atoms with Crippen molar-refractivity contribution in [2.24, 2.45) is 12.8 Å². The van der Waals surface area contributed by atoms with Crippen LogP contribution in [0.1, 0.15) is 29.0 Å². The first kappa shape index (κ1) is 22.5. The molecular weight excluding hydrogens is 447 g/mol. The lowest BCUT2D eigenvalue weighted by Crippen LogP contribution is -2.33. The third-order valence-corrected chi connectivity index (χ3v) is 6.36. The lowest BCUT2D eigenvalue weighted by atomic mass is 9.87. The van der Waals surface area contributed by atoms with E-state index in [-0.39, 0.29) is 30.5 Å². The van der Waals surface area contributed by atoms with Gasteiger partial charge in [0.1, 0.15) is 17.4 Å². The predicted octanol–water partition coefficient (Wildman–Crippen LogP) is 2.55. The molecule has 1 aliphatic heterocycles. The number of rotatable bonds is 7. The van der Waals surface area contributed by atoms with Crippen LogP contribution in [-0.4, -0.2) is 28.0 Å². The molecule has 1 atom stereocenters. The Hall–Kier alpha value is -3.66. The van der Waals surface area contributed by atoms with Crippen LogP contribution in [0, 0.1) is 5.82 Å². The van der Waals surface area contributed by atoms with Gasteiger partial charge in [-0.1, -0.05) is 42.1 Å². The SMILES string of the molecule is Cn1c(SCc2ccccc2F)nc(=O)c2c1NC(=O)C[C@@H]2c1ccc(OCC(N)=O)cc1. The van der Waals surface area contributed by atoms with Crippen LogP contribution in [0.25, 0.3) is 0 Å². The van der Waals surface area contributed by atoms with Gasteiger partial charge in [0.05, 0.1) is 5.56 Å². The van der Waals surface area contributed by atoms with Crippen molar-refractivity contribution < 1.29 is 18.7 Å². The Morgan fingerprint density at radius 1 is 1.24 bits per heavy atom. The van der Waals surface area contributed by atoms with Crippen molar-refractivity contribution in [1.29, 1.82) is 0 Å². The van der Waals surface area contributed by atoms with Crippen LogP contribution in [0.15, 0.2) is 58.5 Å². The molecule has 8 nitrogen and oxygen atoms in total. The number of carbonyl (C=O) groups excluding carboxylic acids is 2. The molecule has 4 rings (SSSR count). The third-order valence-electron chi connectivity index (χ3n) is 5.28. The number of aromatic nitrogens is 2. The minimum Gasteiger partial charge on any atom is -0.484 e. The molecule has 0 spiro atoms. The van der Waals surface area contributed by atoms with Gasteiger partial charge in [-0.15, -0.1) is 0 Å². The number of nitrogens with zero attached hydrogens (tertiary/aromatic N) is 2. The summed E-state index contributed by atoms with van der Waals surface area (Å²) in [5.41, 5.74) is 6.26. The van der Waals surface area contributed by atoms with Crippen LogP contribution < -0.4 is 21.3 Å². The van der Waals surface area contributed by atoms with Crippen molar-refractivity contribution in [1.82, 2.24) is 9.55 Å². The highest BCUT2D eigenvalue weighted by Crippen LogP contribution is 2.36. The van der Waals surface area contributed by atoms with Crippen molar-refractivity contribution in [3.05, 3.63) is 81.4 Å². The summed E-state index contributed by atoms with van der Waals surface area (Å²) in [5.74, 6) is -0.524. The summed E-state index contributed by atoms with van der Waals surface area (Å²) in [7, 11) is 1.71. The van der Waals surface area contributed by atoms with E-state index < -0.39 is 17.4 Å². The Kier molecular flexibility index (Phi) is 6.45. The zero-order valence-corrected chi connectivity index (χ0v) is 18.5.